The molecule has 0 unspecified atom stereocenters. The molecular weight excluding hydrogens is 376 g/mol. The van der Waals surface area contributed by atoms with Crippen LogP contribution in [0.5, 0.6) is 11.5 Å². The summed E-state index contributed by atoms with van der Waals surface area (Å²) >= 11 is 0. The molecule has 7 nitrogen and oxygen atoms in total. The van der Waals surface area contributed by atoms with Crippen molar-refractivity contribution in [2.75, 3.05) is 0 Å². The number of H-pyrrole nitrogens is 2. The summed E-state index contributed by atoms with van der Waals surface area (Å²) in [6.45, 7) is 10.4. The fraction of sp³-hybridized carbons (Fsp3) is 0.130. The van der Waals surface area contributed by atoms with Gasteiger partial charge in [0.1, 0.15) is 22.3 Å². The van der Waals surface area contributed by atoms with Crippen LogP contribution < -0.4 is 4.74 Å². The van der Waals surface area contributed by atoms with Crippen LogP contribution in [0.1, 0.15) is 22.3 Å². The van der Waals surface area contributed by atoms with Gasteiger partial charge in [-0.05, 0) is 55.7 Å². The Hall–Kier alpha value is -4.00. The van der Waals surface area contributed by atoms with E-state index in [1.165, 1.54) is 5.56 Å². The Balaban J connectivity index is 1.84. The van der Waals surface area contributed by atoms with Gasteiger partial charge in [0.05, 0.1) is 0 Å². The molecule has 0 saturated carbocycles. The summed E-state index contributed by atoms with van der Waals surface area (Å²) in [6.07, 6.45) is 1.84. The number of rotatable bonds is 4. The molecule has 0 saturated heterocycles. The van der Waals surface area contributed by atoms with Crippen LogP contribution in [0.4, 0.5) is 0 Å². The van der Waals surface area contributed by atoms with E-state index >= 15 is 0 Å². The highest BCUT2D eigenvalue weighted by atomic mass is 16.5. The molecule has 0 fully saturated rings. The SMILES string of the molecule is C=Cc1c(C)c(C)c(C)c(-c2cccc3n[nH]nc23)c1Oc1cccc2n[nH]nc12. The van der Waals surface area contributed by atoms with Crippen LogP contribution in [-0.4, -0.2) is 30.8 Å². The largest absolute Gasteiger partial charge is 0.454 e. The highest BCUT2D eigenvalue weighted by Crippen LogP contribution is 2.45. The monoisotopic (exact) mass is 396 g/mol. The van der Waals surface area contributed by atoms with Crippen molar-refractivity contribution in [1.82, 2.24) is 30.8 Å². The first-order valence-corrected chi connectivity index (χ1v) is 9.63. The van der Waals surface area contributed by atoms with Crippen LogP contribution in [0, 0.1) is 20.8 Å². The van der Waals surface area contributed by atoms with Gasteiger partial charge in [-0.25, -0.2) is 0 Å². The van der Waals surface area contributed by atoms with Gasteiger partial charge in [0.25, 0.3) is 0 Å². The zero-order valence-corrected chi connectivity index (χ0v) is 16.9. The Morgan fingerprint density at radius 2 is 1.47 bits per heavy atom. The van der Waals surface area contributed by atoms with Crippen LogP contribution in [-0.2, 0) is 0 Å². The molecule has 7 heteroatoms. The summed E-state index contributed by atoms with van der Waals surface area (Å²) in [7, 11) is 0. The van der Waals surface area contributed by atoms with E-state index in [4.69, 9.17) is 4.74 Å². The number of fused-ring (bicyclic) bond motifs is 2. The fourth-order valence-corrected chi connectivity index (χ4v) is 3.93. The summed E-state index contributed by atoms with van der Waals surface area (Å²) in [4.78, 5) is 0. The van der Waals surface area contributed by atoms with Gasteiger partial charge >= 0.3 is 0 Å². The highest BCUT2D eigenvalue weighted by Gasteiger charge is 2.23. The van der Waals surface area contributed by atoms with Gasteiger partial charge in [-0.15, -0.1) is 0 Å². The number of benzene rings is 3. The number of aromatic amines is 2. The first kappa shape index (κ1) is 18.1. The minimum Gasteiger partial charge on any atom is -0.454 e. The van der Waals surface area contributed by atoms with Crippen LogP contribution in [0.2, 0.25) is 0 Å². The van der Waals surface area contributed by atoms with Gasteiger partial charge in [0.2, 0.25) is 0 Å². The highest BCUT2D eigenvalue weighted by molar-refractivity contribution is 5.96. The zero-order valence-electron chi connectivity index (χ0n) is 16.9. The molecule has 0 bridgehead atoms. The molecule has 2 aromatic heterocycles. The van der Waals surface area contributed by atoms with Crippen LogP contribution >= 0.6 is 0 Å². The molecule has 0 aliphatic rings. The normalized spacial score (nSPS) is 11.3. The van der Waals surface area contributed by atoms with Gasteiger partial charge in [-0.3, -0.25) is 0 Å². The van der Waals surface area contributed by atoms with E-state index in [1.54, 1.807) is 0 Å². The molecule has 2 N–H and O–H groups in total. The van der Waals surface area contributed by atoms with E-state index in [0.717, 1.165) is 50.1 Å². The molecule has 148 valence electrons. The molecule has 5 aromatic rings. The lowest BCUT2D eigenvalue weighted by molar-refractivity contribution is 0.487. The van der Waals surface area contributed by atoms with E-state index < -0.39 is 0 Å². The predicted octanol–water partition coefficient (Wildman–Crippen LogP) is 5.26. The lowest BCUT2D eigenvalue weighted by Gasteiger charge is -2.21. The number of para-hydroxylation sites is 2. The average molecular weight is 396 g/mol. The lowest BCUT2D eigenvalue weighted by atomic mass is 9.88. The quantitative estimate of drug-likeness (QED) is 0.432. The van der Waals surface area contributed by atoms with E-state index in [2.05, 4.69) is 58.2 Å². The molecule has 0 amide bonds. The Bertz CT molecular complexity index is 1430. The van der Waals surface area contributed by atoms with Crippen LogP contribution in [0.25, 0.3) is 39.3 Å². The van der Waals surface area contributed by atoms with Crippen molar-refractivity contribution in [1.29, 1.82) is 0 Å². The Morgan fingerprint density at radius 3 is 2.20 bits per heavy atom. The summed E-state index contributed by atoms with van der Waals surface area (Å²) in [5.41, 5.74) is 9.30. The van der Waals surface area contributed by atoms with Gasteiger partial charge in [-0.2, -0.15) is 30.8 Å². The molecule has 0 spiro atoms. The third-order valence-electron chi connectivity index (χ3n) is 5.72. The molecular formula is C23H20N6O. The molecule has 0 radical (unpaired) electrons. The second kappa shape index (κ2) is 6.81. The molecule has 30 heavy (non-hydrogen) atoms. The number of hydrogen-bond acceptors (Lipinski definition) is 5. The maximum atomic E-state index is 6.55. The molecule has 3 aromatic carbocycles. The average Bonchev–Trinajstić information content (AvgIpc) is 3.42. The second-order valence-electron chi connectivity index (χ2n) is 7.24. The molecule has 0 aliphatic heterocycles. The van der Waals surface area contributed by atoms with Crippen molar-refractivity contribution in [2.24, 2.45) is 0 Å². The Kier molecular flexibility index (Phi) is 4.10. The maximum absolute atomic E-state index is 6.55. The van der Waals surface area contributed by atoms with Crippen molar-refractivity contribution < 1.29 is 4.74 Å². The summed E-state index contributed by atoms with van der Waals surface area (Å²) in [5.74, 6) is 1.34. The first-order chi connectivity index (χ1) is 14.6. The number of nitrogens with zero attached hydrogens (tertiary/aromatic N) is 4. The minimum absolute atomic E-state index is 0.626. The van der Waals surface area contributed by atoms with Crippen molar-refractivity contribution in [3.05, 3.63) is 65.2 Å². The number of nitrogens with one attached hydrogen (secondary N) is 2. The van der Waals surface area contributed by atoms with Crippen LogP contribution in [0.15, 0.2) is 43.0 Å². The molecule has 0 atom stereocenters. The van der Waals surface area contributed by atoms with Crippen molar-refractivity contribution in [3.63, 3.8) is 0 Å². The third kappa shape index (κ3) is 2.59. The Morgan fingerprint density at radius 1 is 0.800 bits per heavy atom. The molecule has 5 rings (SSSR count). The fourth-order valence-electron chi connectivity index (χ4n) is 3.93. The molecule has 2 heterocycles. The Labute approximate surface area is 172 Å². The second-order valence-corrected chi connectivity index (χ2v) is 7.24. The number of ether oxygens (including phenoxy) is 1. The maximum Gasteiger partial charge on any atom is 0.157 e. The summed E-state index contributed by atoms with van der Waals surface area (Å²) in [6, 6.07) is 11.6. The van der Waals surface area contributed by atoms with E-state index in [0.29, 0.717) is 11.3 Å². The van der Waals surface area contributed by atoms with Crippen molar-refractivity contribution in [3.8, 4) is 22.6 Å². The topological polar surface area (TPSA) is 92.4 Å². The number of hydrogen-bond donors (Lipinski definition) is 2. The van der Waals surface area contributed by atoms with Gasteiger partial charge in [0, 0.05) is 16.7 Å². The summed E-state index contributed by atoms with van der Waals surface area (Å²) < 4.78 is 6.55. The summed E-state index contributed by atoms with van der Waals surface area (Å²) in [5, 5.41) is 22.5. The predicted molar refractivity (Wildman–Crippen MR) is 118 cm³/mol. The standard InChI is InChI=1S/C23H20N6O/c1-5-15-13(3)12(2)14(4)20(16-8-6-9-17-21(16)26-28-24-17)23(15)30-19-11-7-10-18-22(19)27-29-25-18/h5-11H,1H2,2-4H3,(H,24,26,28)(H,25,27,29). The van der Waals surface area contributed by atoms with Crippen molar-refractivity contribution in [2.45, 2.75) is 20.8 Å². The first-order valence-electron chi connectivity index (χ1n) is 9.63. The van der Waals surface area contributed by atoms with Crippen LogP contribution in [0.3, 0.4) is 0 Å². The zero-order chi connectivity index (χ0) is 20.8. The van der Waals surface area contributed by atoms with E-state index in [-0.39, 0.29) is 0 Å². The lowest BCUT2D eigenvalue weighted by Crippen LogP contribution is -2.01. The van der Waals surface area contributed by atoms with E-state index in [9.17, 15) is 0 Å². The number of aromatic nitrogens is 6. The smallest absolute Gasteiger partial charge is 0.157 e. The van der Waals surface area contributed by atoms with Gasteiger partial charge < -0.3 is 4.74 Å². The third-order valence-corrected chi connectivity index (χ3v) is 5.72. The van der Waals surface area contributed by atoms with E-state index in [1.807, 2.05) is 42.5 Å². The molecule has 0 aliphatic carbocycles. The minimum atomic E-state index is 0.626. The van der Waals surface area contributed by atoms with Gasteiger partial charge in [-0.1, -0.05) is 30.9 Å². The van der Waals surface area contributed by atoms with Crippen molar-refractivity contribution >= 4 is 28.1 Å². The van der Waals surface area contributed by atoms with Gasteiger partial charge in [0.15, 0.2) is 11.3 Å².